The van der Waals surface area contributed by atoms with E-state index in [9.17, 15) is 4.79 Å². The van der Waals surface area contributed by atoms with Crippen molar-refractivity contribution in [3.8, 4) is 0 Å². The number of benzene rings is 2. The standard InChI is InChI=1S/C17H18N2O/c1-12(2)19-15-11-7-6-10-14(15)16(18-17(19)20)13-8-4-3-5-9-13/h3-12,16H,1-2H3,(H,18,20)/t16-/m1/s1. The van der Waals surface area contributed by atoms with Crippen LogP contribution in [0.4, 0.5) is 10.5 Å². The summed E-state index contributed by atoms with van der Waals surface area (Å²) in [5, 5.41) is 3.11. The summed E-state index contributed by atoms with van der Waals surface area (Å²) in [7, 11) is 0. The molecular formula is C17H18N2O. The lowest BCUT2D eigenvalue weighted by atomic mass is 9.94. The predicted octanol–water partition coefficient (Wildman–Crippen LogP) is 3.71. The van der Waals surface area contributed by atoms with Crippen LogP contribution in [0.5, 0.6) is 0 Å². The van der Waals surface area contributed by atoms with Gasteiger partial charge in [0.2, 0.25) is 0 Å². The molecule has 2 amide bonds. The molecule has 2 aromatic rings. The molecule has 0 aliphatic carbocycles. The summed E-state index contributed by atoms with van der Waals surface area (Å²) < 4.78 is 0. The Hall–Kier alpha value is -2.29. The number of carbonyl (C=O) groups is 1. The van der Waals surface area contributed by atoms with E-state index >= 15 is 0 Å². The maximum absolute atomic E-state index is 12.4. The fourth-order valence-electron chi connectivity index (χ4n) is 2.75. The third kappa shape index (κ3) is 2.05. The van der Waals surface area contributed by atoms with Gasteiger partial charge in [0, 0.05) is 11.6 Å². The van der Waals surface area contributed by atoms with Gasteiger partial charge < -0.3 is 5.32 Å². The molecule has 1 N–H and O–H groups in total. The van der Waals surface area contributed by atoms with Crippen molar-refractivity contribution in [2.45, 2.75) is 25.9 Å². The smallest absolute Gasteiger partial charge is 0.322 e. The molecule has 1 atom stereocenters. The lowest BCUT2D eigenvalue weighted by molar-refractivity contribution is 0.241. The normalized spacial score (nSPS) is 17.9. The van der Waals surface area contributed by atoms with E-state index in [1.165, 1.54) is 0 Å². The molecule has 2 aromatic carbocycles. The highest BCUT2D eigenvalue weighted by molar-refractivity contribution is 5.96. The van der Waals surface area contributed by atoms with Crippen molar-refractivity contribution in [2.24, 2.45) is 0 Å². The van der Waals surface area contributed by atoms with E-state index in [-0.39, 0.29) is 18.1 Å². The highest BCUT2D eigenvalue weighted by atomic mass is 16.2. The molecule has 0 aromatic heterocycles. The van der Waals surface area contributed by atoms with Crippen LogP contribution in [0.15, 0.2) is 54.6 Å². The van der Waals surface area contributed by atoms with Gasteiger partial charge in [-0.25, -0.2) is 4.79 Å². The zero-order valence-electron chi connectivity index (χ0n) is 11.7. The number of urea groups is 1. The van der Waals surface area contributed by atoms with Gasteiger partial charge in [0.25, 0.3) is 0 Å². The molecule has 102 valence electrons. The van der Waals surface area contributed by atoms with Crippen molar-refractivity contribution in [3.63, 3.8) is 0 Å². The lowest BCUT2D eigenvalue weighted by Gasteiger charge is -2.37. The van der Waals surface area contributed by atoms with E-state index in [0.717, 1.165) is 16.8 Å². The molecule has 0 fully saturated rings. The SMILES string of the molecule is CC(C)N1C(=O)N[C@H](c2ccccc2)c2ccccc21. The minimum atomic E-state index is -0.0742. The Bertz CT molecular complexity index is 622. The van der Waals surface area contributed by atoms with Crippen LogP contribution in [-0.4, -0.2) is 12.1 Å². The maximum atomic E-state index is 12.4. The molecule has 0 bridgehead atoms. The number of amides is 2. The first kappa shape index (κ1) is 12.7. The largest absolute Gasteiger partial charge is 0.327 e. The molecule has 20 heavy (non-hydrogen) atoms. The zero-order chi connectivity index (χ0) is 14.1. The van der Waals surface area contributed by atoms with Crippen molar-refractivity contribution < 1.29 is 4.79 Å². The molecule has 3 rings (SSSR count). The summed E-state index contributed by atoms with van der Waals surface area (Å²) in [5.41, 5.74) is 3.25. The van der Waals surface area contributed by atoms with Crippen molar-refractivity contribution in [1.29, 1.82) is 0 Å². The fourth-order valence-corrected chi connectivity index (χ4v) is 2.75. The van der Waals surface area contributed by atoms with Crippen LogP contribution in [0.2, 0.25) is 0 Å². The van der Waals surface area contributed by atoms with Crippen LogP contribution in [-0.2, 0) is 0 Å². The number of anilines is 1. The topological polar surface area (TPSA) is 32.3 Å². The van der Waals surface area contributed by atoms with Crippen molar-refractivity contribution in [1.82, 2.24) is 5.32 Å². The number of nitrogens with zero attached hydrogens (tertiary/aromatic N) is 1. The minimum absolute atomic E-state index is 0.0347. The van der Waals surface area contributed by atoms with E-state index in [4.69, 9.17) is 0 Å². The summed E-state index contributed by atoms with van der Waals surface area (Å²) >= 11 is 0. The predicted molar refractivity (Wildman–Crippen MR) is 80.9 cm³/mol. The van der Waals surface area contributed by atoms with Crippen LogP contribution in [0, 0.1) is 0 Å². The van der Waals surface area contributed by atoms with Gasteiger partial charge in [-0.05, 0) is 25.5 Å². The molecule has 1 aliphatic heterocycles. The van der Waals surface area contributed by atoms with Crippen molar-refractivity contribution in [3.05, 3.63) is 65.7 Å². The molecule has 1 heterocycles. The third-order valence-electron chi connectivity index (χ3n) is 3.64. The van der Waals surface area contributed by atoms with Gasteiger partial charge in [0.15, 0.2) is 0 Å². The third-order valence-corrected chi connectivity index (χ3v) is 3.64. The molecule has 0 radical (unpaired) electrons. The van der Waals surface area contributed by atoms with Crippen LogP contribution >= 0.6 is 0 Å². The number of fused-ring (bicyclic) bond motifs is 1. The van der Waals surface area contributed by atoms with Gasteiger partial charge in [-0.2, -0.15) is 0 Å². The number of carbonyl (C=O) groups excluding carboxylic acids is 1. The maximum Gasteiger partial charge on any atom is 0.322 e. The Labute approximate surface area is 119 Å². The fraction of sp³-hybridized carbons (Fsp3) is 0.235. The summed E-state index contributed by atoms with van der Waals surface area (Å²) in [4.78, 5) is 14.2. The van der Waals surface area contributed by atoms with Crippen LogP contribution < -0.4 is 10.2 Å². The number of nitrogens with one attached hydrogen (secondary N) is 1. The van der Waals surface area contributed by atoms with Gasteiger partial charge >= 0.3 is 6.03 Å². The second-order valence-corrected chi connectivity index (χ2v) is 5.32. The molecule has 0 saturated heterocycles. The van der Waals surface area contributed by atoms with Gasteiger partial charge in [-0.1, -0.05) is 48.5 Å². The molecule has 0 saturated carbocycles. The van der Waals surface area contributed by atoms with Crippen LogP contribution in [0.25, 0.3) is 0 Å². The summed E-state index contributed by atoms with van der Waals surface area (Å²) in [5.74, 6) is 0. The Morgan fingerprint density at radius 1 is 1.00 bits per heavy atom. The van der Waals surface area contributed by atoms with E-state index < -0.39 is 0 Å². The number of hydrogen-bond donors (Lipinski definition) is 1. The lowest BCUT2D eigenvalue weighted by Crippen LogP contribution is -2.50. The van der Waals surface area contributed by atoms with Crippen molar-refractivity contribution >= 4 is 11.7 Å². The first-order valence-electron chi connectivity index (χ1n) is 6.92. The summed E-state index contributed by atoms with van der Waals surface area (Å²) in [6.45, 7) is 4.05. The minimum Gasteiger partial charge on any atom is -0.327 e. The Morgan fingerprint density at radius 3 is 2.35 bits per heavy atom. The number of hydrogen-bond acceptors (Lipinski definition) is 1. The second-order valence-electron chi connectivity index (χ2n) is 5.32. The second kappa shape index (κ2) is 5.00. The highest BCUT2D eigenvalue weighted by Gasteiger charge is 2.32. The molecule has 3 nitrogen and oxygen atoms in total. The van der Waals surface area contributed by atoms with Crippen LogP contribution in [0.1, 0.15) is 31.0 Å². The van der Waals surface area contributed by atoms with Crippen molar-refractivity contribution in [2.75, 3.05) is 4.90 Å². The first-order valence-corrected chi connectivity index (χ1v) is 6.92. The number of rotatable bonds is 2. The first-order chi connectivity index (χ1) is 9.68. The Morgan fingerprint density at radius 2 is 1.65 bits per heavy atom. The van der Waals surface area contributed by atoms with Gasteiger partial charge in [0.1, 0.15) is 0 Å². The molecular weight excluding hydrogens is 248 g/mol. The molecule has 1 aliphatic rings. The monoisotopic (exact) mass is 266 g/mol. The molecule has 0 unspecified atom stereocenters. The van der Waals surface area contributed by atoms with E-state index in [2.05, 4.69) is 11.4 Å². The summed E-state index contributed by atoms with van der Waals surface area (Å²) in [6, 6.07) is 18.2. The molecule has 3 heteroatoms. The number of para-hydroxylation sites is 1. The summed E-state index contributed by atoms with van der Waals surface area (Å²) in [6.07, 6.45) is 0. The Kier molecular flexibility index (Phi) is 3.18. The van der Waals surface area contributed by atoms with E-state index in [1.807, 2.05) is 67.3 Å². The van der Waals surface area contributed by atoms with E-state index in [0.29, 0.717) is 0 Å². The van der Waals surface area contributed by atoms with Gasteiger partial charge in [-0.15, -0.1) is 0 Å². The average Bonchev–Trinajstić information content (AvgIpc) is 2.47. The van der Waals surface area contributed by atoms with Crippen LogP contribution in [0.3, 0.4) is 0 Å². The Balaban J connectivity index is 2.12. The quantitative estimate of drug-likeness (QED) is 0.883. The highest BCUT2D eigenvalue weighted by Crippen LogP contribution is 2.35. The molecule has 0 spiro atoms. The van der Waals surface area contributed by atoms with Gasteiger partial charge in [-0.3, -0.25) is 4.90 Å². The average molecular weight is 266 g/mol. The zero-order valence-corrected chi connectivity index (χ0v) is 11.7. The van der Waals surface area contributed by atoms with Gasteiger partial charge in [0.05, 0.1) is 11.7 Å². The van der Waals surface area contributed by atoms with E-state index in [1.54, 1.807) is 0 Å².